The highest BCUT2D eigenvalue weighted by atomic mass is 32.2. The lowest BCUT2D eigenvalue weighted by molar-refractivity contribution is -0.389. The van der Waals surface area contributed by atoms with Crippen LogP contribution < -0.4 is 10.5 Å². The van der Waals surface area contributed by atoms with E-state index in [0.717, 1.165) is 24.8 Å². The normalized spacial score (nSPS) is 31.5. The van der Waals surface area contributed by atoms with Gasteiger partial charge in [-0.3, -0.25) is 0 Å². The molecule has 2 fully saturated rings. The first kappa shape index (κ1) is 14.3. The number of hydrogen-bond acceptors (Lipinski definition) is 7. The Labute approximate surface area is 120 Å². The third kappa shape index (κ3) is 2.39. The summed E-state index contributed by atoms with van der Waals surface area (Å²) in [7, 11) is -3.83. The molecule has 21 heavy (non-hydrogen) atoms. The summed E-state index contributed by atoms with van der Waals surface area (Å²) in [6.07, 6.45) is 1.60. The van der Waals surface area contributed by atoms with Crippen molar-refractivity contribution in [2.75, 3.05) is 6.61 Å². The SMILES string of the molecule is NC1C2CCOC2C1NS(=O)(=O)c1ccc([N+](=O)[O-])nc1. The van der Waals surface area contributed by atoms with E-state index in [1.165, 1.54) is 0 Å². The first-order chi connectivity index (χ1) is 9.90. The van der Waals surface area contributed by atoms with Gasteiger partial charge in [0.25, 0.3) is 0 Å². The van der Waals surface area contributed by atoms with Crippen molar-refractivity contribution in [1.29, 1.82) is 0 Å². The van der Waals surface area contributed by atoms with Crippen molar-refractivity contribution in [3.05, 3.63) is 28.4 Å². The van der Waals surface area contributed by atoms with Gasteiger partial charge in [-0.2, -0.15) is 0 Å². The zero-order valence-electron chi connectivity index (χ0n) is 10.9. The molecule has 2 heterocycles. The zero-order chi connectivity index (χ0) is 15.2. The fraction of sp³-hybridized carbons (Fsp3) is 0.545. The highest BCUT2D eigenvalue weighted by Gasteiger charge is 2.53. The Kier molecular flexibility index (Phi) is 3.40. The lowest BCUT2D eigenvalue weighted by atomic mass is 9.73. The molecule has 0 amide bonds. The average Bonchev–Trinajstić information content (AvgIpc) is 2.90. The van der Waals surface area contributed by atoms with E-state index in [2.05, 4.69) is 9.71 Å². The number of nitro groups is 1. The first-order valence-electron chi connectivity index (χ1n) is 6.40. The summed E-state index contributed by atoms with van der Waals surface area (Å²) in [4.78, 5) is 13.2. The van der Waals surface area contributed by atoms with E-state index in [1.807, 2.05) is 0 Å². The van der Waals surface area contributed by atoms with Gasteiger partial charge in [0.2, 0.25) is 10.0 Å². The summed E-state index contributed by atoms with van der Waals surface area (Å²) in [6, 6.07) is 1.44. The summed E-state index contributed by atoms with van der Waals surface area (Å²) in [6.45, 7) is 0.584. The van der Waals surface area contributed by atoms with Gasteiger partial charge in [-0.05, 0) is 22.4 Å². The molecule has 1 saturated heterocycles. The summed E-state index contributed by atoms with van der Waals surface area (Å²) in [5.74, 6) is -0.221. The second-order valence-corrected chi connectivity index (χ2v) is 6.84. The molecule has 2 aliphatic rings. The van der Waals surface area contributed by atoms with Crippen molar-refractivity contribution in [3.63, 3.8) is 0 Å². The van der Waals surface area contributed by atoms with Crippen molar-refractivity contribution >= 4 is 15.8 Å². The molecule has 9 nitrogen and oxygen atoms in total. The minimum atomic E-state index is -3.83. The minimum absolute atomic E-state index is 0.137. The zero-order valence-corrected chi connectivity index (χ0v) is 11.7. The molecule has 3 rings (SSSR count). The van der Waals surface area contributed by atoms with E-state index in [4.69, 9.17) is 10.5 Å². The summed E-state index contributed by atoms with van der Waals surface area (Å²) >= 11 is 0. The van der Waals surface area contributed by atoms with Gasteiger partial charge in [0, 0.05) is 24.6 Å². The topological polar surface area (TPSA) is 137 Å². The van der Waals surface area contributed by atoms with Crippen LogP contribution in [0.25, 0.3) is 0 Å². The quantitative estimate of drug-likeness (QED) is 0.558. The largest absolute Gasteiger partial charge is 0.376 e. The van der Waals surface area contributed by atoms with Gasteiger partial charge in [0.15, 0.2) is 6.20 Å². The Morgan fingerprint density at radius 3 is 2.86 bits per heavy atom. The average molecular weight is 314 g/mol. The first-order valence-corrected chi connectivity index (χ1v) is 7.88. The van der Waals surface area contributed by atoms with Crippen molar-refractivity contribution in [2.45, 2.75) is 29.5 Å². The van der Waals surface area contributed by atoms with Crippen LogP contribution in [0.15, 0.2) is 23.2 Å². The van der Waals surface area contributed by atoms with Gasteiger partial charge < -0.3 is 20.6 Å². The molecule has 0 spiro atoms. The number of hydrogen-bond donors (Lipinski definition) is 2. The van der Waals surface area contributed by atoms with Crippen LogP contribution in [0.3, 0.4) is 0 Å². The number of pyridine rings is 1. The molecule has 10 heteroatoms. The second kappa shape index (κ2) is 4.98. The number of nitrogens with zero attached hydrogens (tertiary/aromatic N) is 2. The van der Waals surface area contributed by atoms with Crippen molar-refractivity contribution in [1.82, 2.24) is 9.71 Å². The van der Waals surface area contributed by atoms with Crippen LogP contribution in [0.5, 0.6) is 0 Å². The lowest BCUT2D eigenvalue weighted by Crippen LogP contribution is -2.68. The molecule has 4 atom stereocenters. The van der Waals surface area contributed by atoms with Gasteiger partial charge >= 0.3 is 5.82 Å². The monoisotopic (exact) mass is 314 g/mol. The molecule has 3 N–H and O–H groups in total. The van der Waals surface area contributed by atoms with Crippen LogP contribution in [0, 0.1) is 16.0 Å². The van der Waals surface area contributed by atoms with Crippen LogP contribution >= 0.6 is 0 Å². The van der Waals surface area contributed by atoms with Gasteiger partial charge in [0.05, 0.1) is 12.1 Å². The Balaban J connectivity index is 1.76. The maximum absolute atomic E-state index is 12.2. The highest BCUT2D eigenvalue weighted by Crippen LogP contribution is 2.38. The van der Waals surface area contributed by atoms with Gasteiger partial charge in [-0.15, -0.1) is 0 Å². The molecular formula is C11H14N4O5S. The fourth-order valence-electron chi connectivity index (χ4n) is 2.78. The Morgan fingerprint density at radius 2 is 2.24 bits per heavy atom. The Morgan fingerprint density at radius 1 is 1.48 bits per heavy atom. The van der Waals surface area contributed by atoms with Crippen molar-refractivity contribution < 1.29 is 18.1 Å². The lowest BCUT2D eigenvalue weighted by Gasteiger charge is -2.45. The number of fused-ring (bicyclic) bond motifs is 1. The standard InChI is InChI=1S/C11H14N4O5S/c12-9-7-3-4-20-11(7)10(9)14-21(18,19)6-1-2-8(13-5-6)15(16)17/h1-2,5,7,9-11,14H,3-4,12H2. The van der Waals surface area contributed by atoms with E-state index < -0.39 is 26.8 Å². The minimum Gasteiger partial charge on any atom is -0.376 e. The molecule has 0 radical (unpaired) electrons. The number of nitrogens with one attached hydrogen (secondary N) is 1. The molecule has 4 unspecified atom stereocenters. The Hall–Kier alpha value is -1.62. The molecule has 0 bridgehead atoms. The van der Waals surface area contributed by atoms with E-state index >= 15 is 0 Å². The maximum atomic E-state index is 12.2. The Bertz CT molecular complexity index is 662. The second-order valence-electron chi connectivity index (χ2n) is 5.12. The number of sulfonamides is 1. The van der Waals surface area contributed by atoms with E-state index in [9.17, 15) is 18.5 Å². The number of aromatic nitrogens is 1. The van der Waals surface area contributed by atoms with Crippen LogP contribution in [-0.4, -0.2) is 43.1 Å². The van der Waals surface area contributed by atoms with Gasteiger partial charge in [-0.25, -0.2) is 13.1 Å². The van der Waals surface area contributed by atoms with Crippen LogP contribution in [0.1, 0.15) is 6.42 Å². The molecular weight excluding hydrogens is 300 g/mol. The molecule has 114 valence electrons. The predicted molar refractivity (Wildman–Crippen MR) is 70.8 cm³/mol. The maximum Gasteiger partial charge on any atom is 0.363 e. The third-order valence-corrected chi connectivity index (χ3v) is 5.40. The smallest absolute Gasteiger partial charge is 0.363 e. The molecule has 1 saturated carbocycles. The molecule has 1 aliphatic heterocycles. The van der Waals surface area contributed by atoms with Crippen LogP contribution in [0.2, 0.25) is 0 Å². The number of nitrogens with two attached hydrogens (primary N) is 1. The molecule has 1 aromatic heterocycles. The molecule has 0 aromatic carbocycles. The van der Waals surface area contributed by atoms with Crippen molar-refractivity contribution in [2.24, 2.45) is 11.7 Å². The highest BCUT2D eigenvalue weighted by molar-refractivity contribution is 7.89. The number of ether oxygens (including phenoxy) is 1. The van der Waals surface area contributed by atoms with E-state index in [0.29, 0.717) is 6.61 Å². The van der Waals surface area contributed by atoms with Gasteiger partial charge in [-0.1, -0.05) is 0 Å². The molecule has 1 aromatic rings. The van der Waals surface area contributed by atoms with E-state index in [1.54, 1.807) is 0 Å². The summed E-state index contributed by atoms with van der Waals surface area (Å²) < 4.78 is 32.4. The van der Waals surface area contributed by atoms with Gasteiger partial charge in [0.1, 0.15) is 4.90 Å². The third-order valence-electron chi connectivity index (χ3n) is 3.96. The number of rotatable bonds is 4. The molecule has 1 aliphatic carbocycles. The summed E-state index contributed by atoms with van der Waals surface area (Å²) in [5, 5.41) is 10.5. The van der Waals surface area contributed by atoms with Crippen LogP contribution in [0.4, 0.5) is 5.82 Å². The summed E-state index contributed by atoms with van der Waals surface area (Å²) in [5.41, 5.74) is 5.95. The van der Waals surface area contributed by atoms with Crippen LogP contribution in [-0.2, 0) is 14.8 Å². The van der Waals surface area contributed by atoms with Crippen molar-refractivity contribution in [3.8, 4) is 0 Å². The predicted octanol–water partition coefficient (Wildman–Crippen LogP) is -0.617. The van der Waals surface area contributed by atoms with E-state index in [-0.39, 0.29) is 23.0 Å². The fourth-order valence-corrected chi connectivity index (χ4v) is 4.01.